The Hall–Kier alpha value is -14.8. The molecule has 0 radical (unpaired) electrons. The van der Waals surface area contributed by atoms with Gasteiger partial charge in [-0.25, -0.2) is 76.0 Å². The Labute approximate surface area is 822 Å². The van der Waals surface area contributed by atoms with Crippen LogP contribution in [0.3, 0.4) is 0 Å². The molecule has 43 heteroatoms. The van der Waals surface area contributed by atoms with E-state index in [1.807, 2.05) is 152 Å². The van der Waals surface area contributed by atoms with Crippen LogP contribution in [0.5, 0.6) is 0 Å². The van der Waals surface area contributed by atoms with Gasteiger partial charge in [-0.15, -0.1) is 12.4 Å². The maximum Gasteiger partial charge on any atom is 1.00 e. The predicted molar refractivity (Wildman–Crippen MR) is 509 cm³/mol. The largest absolute Gasteiger partial charge is 1.00 e. The Balaban J connectivity index is 0.000000550. The number of carboxylic acid groups (broad SMARTS) is 1. The van der Waals surface area contributed by atoms with E-state index in [1.165, 1.54) is 41.4 Å². The number of carbonyl (C=O) groups is 10. The summed E-state index contributed by atoms with van der Waals surface area (Å²) in [7, 11) is 3.82. The molecule has 40 nitrogen and oxygen atoms in total. The smallest absolute Gasteiger partial charge is 0.870 e. The SMILES string of the molecule is CCO.CCOC(=O)c1cc(C)nn1-c1cccc(C#N)c1.CCOC(=O)c1cc(C)nn1-c1cccc(CN)c1.CCOC(=O)c1cc(C)nn1-c1cccc(CN)c1.CCOC(=O)c1cc(C)nn1-c1cccc(CNC(=O)OC(C)(C)C)c1.CCOC(=O)c1cc(C)nn1-c1cccc(CNC(=O)OC)c1.COC(=O)Cl.COC(=O)NCc1cccc(-n2nc(C)cc2C(=O)O)c1.Cl.[Li+].[OH-]. The monoisotopic (exact) mass is 1940 g/mol. The molecule has 0 atom stereocenters. The van der Waals surface area contributed by atoms with Crippen molar-refractivity contribution in [3.63, 3.8) is 0 Å². The Morgan fingerprint density at radius 2 is 0.601 bits per heavy atom. The van der Waals surface area contributed by atoms with Crippen LogP contribution >= 0.6 is 24.0 Å². The van der Waals surface area contributed by atoms with Crippen molar-refractivity contribution in [1.82, 2.24) is 74.6 Å². The topological polar surface area (TPSA) is 543 Å². The van der Waals surface area contributed by atoms with Gasteiger partial charge in [-0.1, -0.05) is 66.7 Å². The summed E-state index contributed by atoms with van der Waals surface area (Å²) in [5.41, 5.74) is 25.6. The number of aromatic nitrogens is 12. The van der Waals surface area contributed by atoms with Crippen LogP contribution in [0.1, 0.15) is 193 Å². The molecule has 0 aliphatic heterocycles. The number of esters is 5. The third-order valence-corrected chi connectivity index (χ3v) is 17.5. The van der Waals surface area contributed by atoms with E-state index in [-0.39, 0.29) is 67.5 Å². The van der Waals surface area contributed by atoms with E-state index in [9.17, 15) is 53.1 Å². The van der Waals surface area contributed by atoms with Gasteiger partial charge in [0.25, 0.3) is 0 Å². The van der Waals surface area contributed by atoms with Crippen molar-refractivity contribution >= 4 is 83.5 Å². The second-order valence-corrected chi connectivity index (χ2v) is 29.4. The fourth-order valence-electron chi connectivity index (χ4n) is 11.8. The van der Waals surface area contributed by atoms with Gasteiger partial charge >= 0.3 is 78.4 Å². The number of aryl methyl sites for hydroxylation is 6. The van der Waals surface area contributed by atoms with E-state index >= 15 is 0 Å². The molecule has 6 aromatic heterocycles. The summed E-state index contributed by atoms with van der Waals surface area (Å²) >= 11 is 4.60. The van der Waals surface area contributed by atoms with E-state index in [4.69, 9.17) is 50.3 Å². The molecule has 0 saturated heterocycles. The number of methoxy groups -OCH3 is 3. The predicted octanol–water partition coefficient (Wildman–Crippen LogP) is 11.4. The Bertz CT molecular complexity index is 5900. The quantitative estimate of drug-likeness (QED) is 0.0121. The maximum absolute atomic E-state index is 12.1. The van der Waals surface area contributed by atoms with Gasteiger partial charge in [0.1, 0.15) is 5.60 Å². The van der Waals surface area contributed by atoms with Crippen LogP contribution < -0.4 is 46.3 Å². The van der Waals surface area contributed by atoms with Gasteiger partial charge in [0, 0.05) is 50.9 Å². The zero-order chi connectivity index (χ0) is 100. The van der Waals surface area contributed by atoms with E-state index < -0.39 is 53.2 Å². The second kappa shape index (κ2) is 61.2. The number of alkyl carbamates (subject to hydrolysis) is 3. The molecule has 0 spiro atoms. The van der Waals surface area contributed by atoms with Crippen LogP contribution in [0, 0.1) is 52.9 Å². The molecule has 0 bridgehead atoms. The summed E-state index contributed by atoms with van der Waals surface area (Å²) in [6.07, 6.45) is -1.51. The number of nitriles is 1. The number of nitrogens with one attached hydrogen (secondary N) is 3. The maximum atomic E-state index is 12.1. The molecule has 0 fully saturated rings. The average Bonchev–Trinajstić information content (AvgIpc) is 1.73. The fourth-order valence-corrected chi connectivity index (χ4v) is 11.8. The molecular weight excluding hydrogens is 1820 g/mol. The molecule has 0 saturated carbocycles. The molecule has 3 amide bonds. The van der Waals surface area contributed by atoms with Gasteiger partial charge in [-0.2, -0.15) is 35.9 Å². The van der Waals surface area contributed by atoms with Crippen molar-refractivity contribution in [2.24, 2.45) is 11.5 Å². The molecule has 0 aliphatic rings. The number of amides is 3. The van der Waals surface area contributed by atoms with Gasteiger partial charge < -0.3 is 85.7 Å². The van der Waals surface area contributed by atoms with Crippen LogP contribution in [-0.2, 0) is 75.4 Å². The fraction of sp³-hybridized carbons (Fsp3) is 0.316. The molecule has 6 heterocycles. The molecule has 12 aromatic rings. The van der Waals surface area contributed by atoms with Crippen molar-refractivity contribution in [2.75, 3.05) is 61.0 Å². The summed E-state index contributed by atoms with van der Waals surface area (Å²) in [5, 5.41) is 59.4. The number of nitrogens with zero attached hydrogens (tertiary/aromatic N) is 13. The number of aromatic carboxylic acids is 1. The van der Waals surface area contributed by atoms with Crippen LogP contribution in [0.4, 0.5) is 19.2 Å². The van der Waals surface area contributed by atoms with Gasteiger partial charge in [-0.05, 0) is 247 Å². The van der Waals surface area contributed by atoms with Crippen LogP contribution in [-0.4, -0.2) is 200 Å². The molecule has 10 N–H and O–H groups in total. The van der Waals surface area contributed by atoms with E-state index in [0.29, 0.717) is 139 Å². The van der Waals surface area contributed by atoms with E-state index in [1.54, 1.807) is 142 Å². The van der Waals surface area contributed by atoms with Gasteiger partial charge in [0.2, 0.25) is 0 Å². The molecule has 0 unspecified atom stereocenters. The van der Waals surface area contributed by atoms with E-state index in [0.717, 1.165) is 50.6 Å². The number of hydrogen-bond acceptors (Lipinski definition) is 30. The number of ether oxygens (including phenoxy) is 9. The van der Waals surface area contributed by atoms with Crippen LogP contribution in [0.15, 0.2) is 182 Å². The first kappa shape index (κ1) is 119. The summed E-state index contributed by atoms with van der Waals surface area (Å²) in [6, 6.07) is 56.0. The number of carbonyl (C=O) groups excluding carboxylic acids is 9. The van der Waals surface area contributed by atoms with Crippen molar-refractivity contribution in [3.05, 3.63) is 284 Å². The number of nitrogens with two attached hydrogens (primary N) is 2. The minimum absolute atomic E-state index is 0. The zero-order valence-corrected chi connectivity index (χ0v) is 82.0. The Kier molecular flexibility index (Phi) is 52.9. The second-order valence-electron chi connectivity index (χ2n) is 29.1. The van der Waals surface area contributed by atoms with Gasteiger partial charge in [0.05, 0.1) is 134 Å². The number of hydrogen-bond donors (Lipinski definition) is 7. The Morgan fingerprint density at radius 1 is 0.384 bits per heavy atom. The normalized spacial score (nSPS) is 9.98. The summed E-state index contributed by atoms with van der Waals surface area (Å²) in [4.78, 5) is 114. The van der Waals surface area contributed by atoms with Crippen molar-refractivity contribution in [1.29, 1.82) is 5.26 Å². The van der Waals surface area contributed by atoms with Crippen molar-refractivity contribution in [2.45, 2.75) is 142 Å². The molecule has 0 aliphatic carbocycles. The van der Waals surface area contributed by atoms with Crippen LogP contribution in [0.25, 0.3) is 34.1 Å². The van der Waals surface area contributed by atoms with Gasteiger partial charge in [-0.3, -0.25) is 0 Å². The number of benzene rings is 6. The third kappa shape index (κ3) is 38.9. The number of aliphatic hydroxyl groups excluding tert-OH is 1. The summed E-state index contributed by atoms with van der Waals surface area (Å²) < 4.78 is 52.5. The number of rotatable bonds is 25. The van der Waals surface area contributed by atoms with Crippen molar-refractivity contribution in [3.8, 4) is 40.2 Å². The number of aliphatic hydroxyl groups is 1. The average molecular weight is 1940 g/mol. The van der Waals surface area contributed by atoms with Crippen molar-refractivity contribution < 1.29 is 125 Å². The molecule has 12 rings (SSSR count). The summed E-state index contributed by atoms with van der Waals surface area (Å²) in [5.74, 6) is -3.07. The molecule has 734 valence electrons. The molecule has 6 aromatic carbocycles. The Morgan fingerprint density at radius 3 is 0.819 bits per heavy atom. The minimum Gasteiger partial charge on any atom is -0.870 e. The summed E-state index contributed by atoms with van der Waals surface area (Å²) in [6.45, 7) is 30.4. The number of halogens is 2. The molecule has 138 heavy (non-hydrogen) atoms. The first-order chi connectivity index (χ1) is 64.4. The minimum atomic E-state index is -1.05. The first-order valence-corrected chi connectivity index (χ1v) is 42.6. The third-order valence-electron chi connectivity index (χ3n) is 17.3. The zero-order valence-electron chi connectivity index (χ0n) is 80.5. The van der Waals surface area contributed by atoms with E-state index in [2.05, 4.69) is 78.4 Å². The number of carboxylic acids is 1. The van der Waals surface area contributed by atoms with Crippen LogP contribution in [0.2, 0.25) is 0 Å². The standard InChI is InChI=1S/C19H25N3O4.C16H19N3O4.C14H15N3O4.2C14H17N3O2.C14H13N3O2.C2H3ClO2.C2H6O.ClH.Li.H2O/c1-6-25-17(23)16-10-13(2)21-22(16)15-9-7-8-14(11-15)12-20-18(24)26-19(3,4)5;1-4-23-15(20)14-8-11(2)18-19(14)13-7-5-6-12(9-13)10-17-16(21)22-3;1-9-6-12(13(18)19)17(16-9)11-5-3-4-10(7-11)8-15-14(20)21-2;3*1-3-19-14(18)13-7-10(2)16-17(13)12-6-4-5-11(8-12)9-15;1-5-2(3)4;1-2-3;;;/h7-11H,6,12H2,1-5H3,(H,20,24);5-9H,4,10H2,1-3H3,(H,17,21);3-7H,8H2,1-2H3,(H,15,20)(H,18,19);2*4-8H,3,9,15H2,1-2H3;4-8H,3H2,1-2H3;1H3;3H,2H2,1H3;1H;;1H2/q;;;;;;;;;+1;/p-1. The first-order valence-electron chi connectivity index (χ1n) is 42.2. The van der Waals surface area contributed by atoms with Gasteiger partial charge in [0.15, 0.2) is 34.2 Å². The molecular formula is C95H117Cl2LiN18O22.